The third kappa shape index (κ3) is 1.66. The van der Waals surface area contributed by atoms with Crippen molar-refractivity contribution in [2.75, 3.05) is 18.0 Å². The lowest BCUT2D eigenvalue weighted by Gasteiger charge is -2.17. The standard InChI is InChI=1S/C15H18N2O3/c1-8(2)9-6-11(19)14-12(15(9)20)13(17-4-5-17)10(7-18)16(14)3/h6,8,18H,4-5,7H2,1-3H3. The zero-order valence-corrected chi connectivity index (χ0v) is 11.9. The van der Waals surface area contributed by atoms with E-state index >= 15 is 0 Å². The molecule has 1 saturated heterocycles. The number of ketones is 2. The van der Waals surface area contributed by atoms with Crippen molar-refractivity contribution >= 4 is 17.3 Å². The van der Waals surface area contributed by atoms with Gasteiger partial charge in [0.1, 0.15) is 5.69 Å². The lowest BCUT2D eigenvalue weighted by molar-refractivity contribution is 0.0973. The summed E-state index contributed by atoms with van der Waals surface area (Å²) in [6, 6.07) is 0. The molecule has 5 nitrogen and oxygen atoms in total. The molecule has 5 heteroatoms. The molecule has 0 amide bonds. The van der Waals surface area contributed by atoms with Crippen LogP contribution in [-0.4, -0.2) is 34.3 Å². The van der Waals surface area contributed by atoms with Crippen molar-refractivity contribution < 1.29 is 14.7 Å². The molecule has 0 radical (unpaired) electrons. The number of Topliss-reactive ketones (excluding diaryl/α,β-unsaturated/α-hetero) is 1. The van der Waals surface area contributed by atoms with Gasteiger partial charge in [0.2, 0.25) is 5.78 Å². The van der Waals surface area contributed by atoms with Crippen LogP contribution in [-0.2, 0) is 13.7 Å². The SMILES string of the molecule is CC(C)C1=CC(=O)c2c(c(N3CC3)c(CO)n2C)C1=O. The lowest BCUT2D eigenvalue weighted by Crippen LogP contribution is -2.21. The van der Waals surface area contributed by atoms with E-state index in [1.165, 1.54) is 6.08 Å². The van der Waals surface area contributed by atoms with Crippen LogP contribution in [0.15, 0.2) is 11.6 Å². The van der Waals surface area contributed by atoms with Crippen LogP contribution >= 0.6 is 0 Å². The molecule has 0 bridgehead atoms. The van der Waals surface area contributed by atoms with Crippen molar-refractivity contribution in [1.29, 1.82) is 0 Å². The van der Waals surface area contributed by atoms with E-state index in [1.54, 1.807) is 11.6 Å². The fraction of sp³-hybridized carbons (Fsp3) is 0.467. The number of carbonyl (C=O) groups excluding carboxylic acids is 2. The molecule has 1 aromatic rings. The lowest BCUT2D eigenvalue weighted by atomic mass is 9.87. The fourth-order valence-electron chi connectivity index (χ4n) is 2.87. The number of nitrogens with zero attached hydrogens (tertiary/aromatic N) is 2. The first-order chi connectivity index (χ1) is 9.47. The van der Waals surface area contributed by atoms with E-state index in [9.17, 15) is 14.7 Å². The Kier molecular flexibility index (Phi) is 2.83. The van der Waals surface area contributed by atoms with Gasteiger partial charge in [0, 0.05) is 25.7 Å². The Balaban J connectivity index is 2.26. The molecule has 0 unspecified atom stereocenters. The molecule has 1 fully saturated rings. The number of hydrogen-bond donors (Lipinski definition) is 1. The second kappa shape index (κ2) is 4.31. The minimum absolute atomic E-state index is 0.0134. The van der Waals surface area contributed by atoms with E-state index in [4.69, 9.17) is 0 Å². The third-order valence-corrected chi connectivity index (χ3v) is 4.03. The third-order valence-electron chi connectivity index (χ3n) is 4.03. The Hall–Kier alpha value is -1.88. The van der Waals surface area contributed by atoms with Gasteiger partial charge in [-0.15, -0.1) is 0 Å². The van der Waals surface area contributed by atoms with Gasteiger partial charge in [0.05, 0.1) is 23.6 Å². The fourth-order valence-corrected chi connectivity index (χ4v) is 2.87. The molecule has 106 valence electrons. The average molecular weight is 274 g/mol. The van der Waals surface area contributed by atoms with Gasteiger partial charge in [-0.25, -0.2) is 0 Å². The normalized spacial score (nSPS) is 17.6. The van der Waals surface area contributed by atoms with Crippen LogP contribution in [0.25, 0.3) is 0 Å². The van der Waals surface area contributed by atoms with Crippen molar-refractivity contribution in [3.05, 3.63) is 28.6 Å². The molecule has 1 aromatic heterocycles. The summed E-state index contributed by atoms with van der Waals surface area (Å²) in [6.45, 7) is 5.38. The Morgan fingerprint density at radius 3 is 2.45 bits per heavy atom. The van der Waals surface area contributed by atoms with Crippen LogP contribution in [0.1, 0.15) is 40.4 Å². The zero-order chi connectivity index (χ0) is 14.6. The first-order valence-electron chi connectivity index (χ1n) is 6.85. The molecule has 1 aliphatic carbocycles. The molecular weight excluding hydrogens is 256 g/mol. The van der Waals surface area contributed by atoms with Gasteiger partial charge in [-0.05, 0) is 12.0 Å². The van der Waals surface area contributed by atoms with Crippen molar-refractivity contribution in [1.82, 2.24) is 4.57 Å². The van der Waals surface area contributed by atoms with E-state index in [0.717, 1.165) is 18.8 Å². The Morgan fingerprint density at radius 1 is 1.30 bits per heavy atom. The molecule has 0 saturated carbocycles. The summed E-state index contributed by atoms with van der Waals surface area (Å²) in [5, 5.41) is 9.59. The number of fused-ring (bicyclic) bond motifs is 1. The quantitative estimate of drug-likeness (QED) is 0.844. The Morgan fingerprint density at radius 2 is 1.95 bits per heavy atom. The Labute approximate surface area is 117 Å². The van der Waals surface area contributed by atoms with E-state index in [2.05, 4.69) is 0 Å². The molecule has 1 N–H and O–H groups in total. The van der Waals surface area contributed by atoms with E-state index in [1.807, 2.05) is 18.7 Å². The molecule has 2 heterocycles. The molecule has 1 aliphatic heterocycles. The van der Waals surface area contributed by atoms with E-state index < -0.39 is 0 Å². The number of rotatable bonds is 3. The summed E-state index contributed by atoms with van der Waals surface area (Å²) in [7, 11) is 1.73. The molecule has 0 aromatic carbocycles. The van der Waals surface area contributed by atoms with Gasteiger partial charge in [-0.3, -0.25) is 9.59 Å². The number of allylic oxidation sites excluding steroid dienone is 2. The Bertz CT molecular complexity index is 649. The maximum Gasteiger partial charge on any atom is 0.203 e. The van der Waals surface area contributed by atoms with Crippen LogP contribution in [0.5, 0.6) is 0 Å². The predicted molar refractivity (Wildman–Crippen MR) is 75.1 cm³/mol. The number of hydrogen-bond acceptors (Lipinski definition) is 4. The van der Waals surface area contributed by atoms with Crippen molar-refractivity contribution in [3.8, 4) is 0 Å². The topological polar surface area (TPSA) is 62.3 Å². The molecule has 0 spiro atoms. The number of carbonyl (C=O) groups is 2. The maximum atomic E-state index is 12.7. The highest BCUT2D eigenvalue weighted by atomic mass is 16.3. The van der Waals surface area contributed by atoms with Gasteiger partial charge in [0.25, 0.3) is 0 Å². The molecule has 2 aliphatic rings. The van der Waals surface area contributed by atoms with Gasteiger partial charge in [0.15, 0.2) is 5.78 Å². The summed E-state index contributed by atoms with van der Waals surface area (Å²) in [5.41, 5.74) is 2.83. The number of aliphatic hydroxyl groups is 1. The van der Waals surface area contributed by atoms with Crippen LogP contribution in [0.3, 0.4) is 0 Å². The van der Waals surface area contributed by atoms with Gasteiger partial charge < -0.3 is 14.6 Å². The predicted octanol–water partition coefficient (Wildman–Crippen LogP) is 1.30. The summed E-state index contributed by atoms with van der Waals surface area (Å²) >= 11 is 0. The van der Waals surface area contributed by atoms with Gasteiger partial charge in [-0.1, -0.05) is 13.8 Å². The minimum atomic E-state index is -0.174. The van der Waals surface area contributed by atoms with Crippen LogP contribution in [0.4, 0.5) is 5.69 Å². The highest BCUT2D eigenvalue weighted by Crippen LogP contribution is 2.39. The summed E-state index contributed by atoms with van der Waals surface area (Å²) < 4.78 is 1.66. The zero-order valence-electron chi connectivity index (χ0n) is 11.9. The van der Waals surface area contributed by atoms with E-state index in [0.29, 0.717) is 22.5 Å². The summed E-state index contributed by atoms with van der Waals surface area (Å²) in [4.78, 5) is 27.1. The maximum absolute atomic E-state index is 12.7. The number of anilines is 1. The molecular formula is C15H18N2O3. The van der Waals surface area contributed by atoms with Crippen molar-refractivity contribution in [2.24, 2.45) is 13.0 Å². The first kappa shape index (κ1) is 13.1. The first-order valence-corrected chi connectivity index (χ1v) is 6.85. The minimum Gasteiger partial charge on any atom is -0.390 e. The van der Waals surface area contributed by atoms with Crippen molar-refractivity contribution in [2.45, 2.75) is 20.5 Å². The van der Waals surface area contributed by atoms with Crippen LogP contribution in [0, 0.1) is 5.92 Å². The summed E-state index contributed by atoms with van der Waals surface area (Å²) in [5.74, 6) is -0.208. The molecule has 0 atom stereocenters. The number of aromatic nitrogens is 1. The molecule has 20 heavy (non-hydrogen) atoms. The van der Waals surface area contributed by atoms with Crippen LogP contribution in [0.2, 0.25) is 0 Å². The highest BCUT2D eigenvalue weighted by molar-refractivity contribution is 6.27. The average Bonchev–Trinajstić information content (AvgIpc) is 3.17. The smallest absolute Gasteiger partial charge is 0.203 e. The molecule has 3 rings (SSSR count). The second-order valence-electron chi connectivity index (χ2n) is 5.67. The summed E-state index contributed by atoms with van der Waals surface area (Å²) in [6.07, 6.45) is 1.45. The van der Waals surface area contributed by atoms with Crippen LogP contribution < -0.4 is 4.90 Å². The van der Waals surface area contributed by atoms with Gasteiger partial charge >= 0.3 is 0 Å². The van der Waals surface area contributed by atoms with Crippen molar-refractivity contribution in [3.63, 3.8) is 0 Å². The number of aliphatic hydroxyl groups excluding tert-OH is 1. The largest absolute Gasteiger partial charge is 0.390 e. The highest BCUT2D eigenvalue weighted by Gasteiger charge is 2.38. The second-order valence-corrected chi connectivity index (χ2v) is 5.67. The monoisotopic (exact) mass is 274 g/mol. The van der Waals surface area contributed by atoms with Gasteiger partial charge in [-0.2, -0.15) is 0 Å². The van der Waals surface area contributed by atoms with E-state index in [-0.39, 0.29) is 24.1 Å².